The lowest BCUT2D eigenvalue weighted by Crippen LogP contribution is -2.41. The molecule has 1 aliphatic carbocycles. The Hall–Kier alpha value is -2.17. The van der Waals surface area contributed by atoms with Gasteiger partial charge in [0.15, 0.2) is 0 Å². The maximum Gasteiger partial charge on any atom is 0.224 e. The summed E-state index contributed by atoms with van der Waals surface area (Å²) in [6.45, 7) is 3.50. The van der Waals surface area contributed by atoms with Crippen LogP contribution in [0.1, 0.15) is 56.8 Å². The van der Waals surface area contributed by atoms with Crippen LogP contribution >= 0.6 is 0 Å². The molecule has 1 fully saturated rings. The van der Waals surface area contributed by atoms with Gasteiger partial charge in [-0.2, -0.15) is 0 Å². The van der Waals surface area contributed by atoms with E-state index in [1.165, 1.54) is 19.3 Å². The van der Waals surface area contributed by atoms with Gasteiger partial charge < -0.3 is 9.47 Å². The minimum atomic E-state index is 0.250. The van der Waals surface area contributed by atoms with Gasteiger partial charge in [-0.05, 0) is 30.5 Å². The van der Waals surface area contributed by atoms with Crippen LogP contribution in [0.5, 0.6) is 0 Å². The zero-order chi connectivity index (χ0) is 17.5. The highest BCUT2D eigenvalue weighted by Gasteiger charge is 2.25. The van der Waals surface area contributed by atoms with Crippen LogP contribution in [0.2, 0.25) is 0 Å². The molecule has 25 heavy (non-hydrogen) atoms. The molecule has 1 saturated carbocycles. The van der Waals surface area contributed by atoms with Crippen LogP contribution in [0.3, 0.4) is 0 Å². The Morgan fingerprint density at radius 3 is 2.68 bits per heavy atom. The number of hydrogen-bond donors (Lipinski definition) is 0. The van der Waals surface area contributed by atoms with Crippen molar-refractivity contribution < 1.29 is 4.79 Å². The SMILES string of the molecule is CCc1nccn1CCC(=O)N(Cc1ccncc1)C1CCCCC1. The molecule has 0 saturated heterocycles. The second-order valence-corrected chi connectivity index (χ2v) is 6.81. The molecule has 134 valence electrons. The Labute approximate surface area is 150 Å². The predicted octanol–water partition coefficient (Wildman–Crippen LogP) is 3.59. The highest BCUT2D eigenvalue weighted by Crippen LogP contribution is 2.25. The van der Waals surface area contributed by atoms with E-state index in [2.05, 4.69) is 26.4 Å². The van der Waals surface area contributed by atoms with Crippen molar-refractivity contribution in [2.24, 2.45) is 0 Å². The highest BCUT2D eigenvalue weighted by atomic mass is 16.2. The summed E-state index contributed by atoms with van der Waals surface area (Å²) in [7, 11) is 0. The molecular weight excluding hydrogens is 312 g/mol. The van der Waals surface area contributed by atoms with E-state index in [1.807, 2.05) is 24.5 Å². The minimum absolute atomic E-state index is 0.250. The topological polar surface area (TPSA) is 51.0 Å². The zero-order valence-electron chi connectivity index (χ0n) is 15.1. The highest BCUT2D eigenvalue weighted by molar-refractivity contribution is 5.76. The molecule has 0 spiro atoms. The van der Waals surface area contributed by atoms with Crippen molar-refractivity contribution in [3.8, 4) is 0 Å². The molecule has 2 aromatic rings. The average Bonchev–Trinajstić information content (AvgIpc) is 3.13. The van der Waals surface area contributed by atoms with Crippen molar-refractivity contribution in [1.29, 1.82) is 0 Å². The van der Waals surface area contributed by atoms with Crippen LogP contribution in [0, 0.1) is 0 Å². The molecule has 3 rings (SSSR count). The molecule has 5 nitrogen and oxygen atoms in total. The Morgan fingerprint density at radius 2 is 1.96 bits per heavy atom. The summed E-state index contributed by atoms with van der Waals surface area (Å²) < 4.78 is 2.10. The molecule has 0 aliphatic heterocycles. The molecule has 0 aromatic carbocycles. The summed E-state index contributed by atoms with van der Waals surface area (Å²) in [5.74, 6) is 1.30. The third-order valence-electron chi connectivity index (χ3n) is 5.12. The fourth-order valence-electron chi connectivity index (χ4n) is 3.72. The second-order valence-electron chi connectivity index (χ2n) is 6.81. The van der Waals surface area contributed by atoms with E-state index in [4.69, 9.17) is 0 Å². The third kappa shape index (κ3) is 4.68. The lowest BCUT2D eigenvalue weighted by Gasteiger charge is -2.34. The third-order valence-corrected chi connectivity index (χ3v) is 5.12. The first-order valence-electron chi connectivity index (χ1n) is 9.46. The van der Waals surface area contributed by atoms with E-state index in [-0.39, 0.29) is 5.91 Å². The zero-order valence-corrected chi connectivity index (χ0v) is 15.1. The molecule has 2 heterocycles. The van der Waals surface area contributed by atoms with Crippen molar-refractivity contribution in [2.75, 3.05) is 0 Å². The van der Waals surface area contributed by atoms with E-state index in [0.717, 1.165) is 30.7 Å². The Balaban J connectivity index is 1.67. The lowest BCUT2D eigenvalue weighted by molar-refractivity contribution is -0.135. The van der Waals surface area contributed by atoms with Gasteiger partial charge >= 0.3 is 0 Å². The maximum absolute atomic E-state index is 13.0. The minimum Gasteiger partial charge on any atom is -0.335 e. The standard InChI is InChI=1S/C20H28N4O/c1-2-19-22-13-15-23(19)14-10-20(25)24(18-6-4-3-5-7-18)16-17-8-11-21-12-9-17/h8-9,11-13,15,18H,2-7,10,14,16H2,1H3. The largest absolute Gasteiger partial charge is 0.335 e. The summed E-state index contributed by atoms with van der Waals surface area (Å²) >= 11 is 0. The summed E-state index contributed by atoms with van der Waals surface area (Å²) in [5.41, 5.74) is 1.16. The summed E-state index contributed by atoms with van der Waals surface area (Å²) in [5, 5.41) is 0. The molecule has 0 radical (unpaired) electrons. The van der Waals surface area contributed by atoms with Crippen molar-refractivity contribution >= 4 is 5.91 Å². The number of pyridine rings is 1. The van der Waals surface area contributed by atoms with Crippen molar-refractivity contribution in [2.45, 2.75) is 71.0 Å². The number of rotatable bonds is 7. The number of imidazole rings is 1. The molecule has 1 amide bonds. The monoisotopic (exact) mass is 340 g/mol. The maximum atomic E-state index is 13.0. The van der Waals surface area contributed by atoms with Crippen LogP contribution < -0.4 is 0 Å². The molecule has 0 N–H and O–H groups in total. The van der Waals surface area contributed by atoms with Gasteiger partial charge in [-0.3, -0.25) is 9.78 Å². The van der Waals surface area contributed by atoms with Gasteiger partial charge in [0.2, 0.25) is 5.91 Å². The molecule has 0 bridgehead atoms. The van der Waals surface area contributed by atoms with Gasteiger partial charge in [0.05, 0.1) is 0 Å². The second kappa shape index (κ2) is 8.79. The van der Waals surface area contributed by atoms with Crippen LogP contribution in [0.15, 0.2) is 36.9 Å². The first kappa shape index (κ1) is 17.6. The van der Waals surface area contributed by atoms with Crippen molar-refractivity contribution in [1.82, 2.24) is 19.4 Å². The first-order chi connectivity index (χ1) is 12.3. The molecule has 2 aromatic heterocycles. The number of nitrogens with zero attached hydrogens (tertiary/aromatic N) is 4. The Morgan fingerprint density at radius 1 is 1.20 bits per heavy atom. The molecule has 0 atom stereocenters. The van der Waals surface area contributed by atoms with Gasteiger partial charge in [-0.25, -0.2) is 4.98 Å². The van der Waals surface area contributed by atoms with Crippen LogP contribution in [0.25, 0.3) is 0 Å². The lowest BCUT2D eigenvalue weighted by atomic mass is 9.93. The smallest absolute Gasteiger partial charge is 0.224 e. The van der Waals surface area contributed by atoms with Crippen LogP contribution in [0.4, 0.5) is 0 Å². The summed E-state index contributed by atoms with van der Waals surface area (Å²) in [6.07, 6.45) is 14.8. The van der Waals surface area contributed by atoms with E-state index in [1.54, 1.807) is 12.4 Å². The van der Waals surface area contributed by atoms with Gasteiger partial charge in [0.25, 0.3) is 0 Å². The van der Waals surface area contributed by atoms with Gasteiger partial charge in [-0.1, -0.05) is 26.2 Å². The van der Waals surface area contributed by atoms with E-state index in [0.29, 0.717) is 25.6 Å². The van der Waals surface area contributed by atoms with Gasteiger partial charge in [0, 0.05) is 56.8 Å². The number of hydrogen-bond acceptors (Lipinski definition) is 3. The Bertz CT molecular complexity index is 661. The van der Waals surface area contributed by atoms with Crippen molar-refractivity contribution in [3.63, 3.8) is 0 Å². The number of aromatic nitrogens is 3. The average molecular weight is 340 g/mol. The van der Waals surface area contributed by atoms with E-state index < -0.39 is 0 Å². The van der Waals surface area contributed by atoms with Crippen LogP contribution in [-0.4, -0.2) is 31.4 Å². The summed E-state index contributed by atoms with van der Waals surface area (Å²) in [6, 6.07) is 4.39. The fraction of sp³-hybridized carbons (Fsp3) is 0.550. The molecular formula is C20H28N4O. The molecule has 0 unspecified atom stereocenters. The number of aryl methyl sites for hydroxylation is 2. The van der Waals surface area contributed by atoms with Crippen molar-refractivity contribution in [3.05, 3.63) is 48.3 Å². The van der Waals surface area contributed by atoms with Crippen LogP contribution in [-0.2, 0) is 24.3 Å². The summed E-state index contributed by atoms with van der Waals surface area (Å²) in [4.78, 5) is 23.6. The number of carbonyl (C=O) groups is 1. The van der Waals surface area contributed by atoms with Gasteiger partial charge in [-0.15, -0.1) is 0 Å². The first-order valence-corrected chi connectivity index (χ1v) is 9.46. The van der Waals surface area contributed by atoms with E-state index in [9.17, 15) is 4.79 Å². The van der Waals surface area contributed by atoms with E-state index >= 15 is 0 Å². The quantitative estimate of drug-likeness (QED) is 0.774. The van der Waals surface area contributed by atoms with Gasteiger partial charge in [0.1, 0.15) is 5.82 Å². The number of amides is 1. The normalized spacial score (nSPS) is 15.2. The number of carbonyl (C=O) groups excluding carboxylic acids is 1. The molecule has 1 aliphatic rings. The molecule has 5 heteroatoms. The predicted molar refractivity (Wildman–Crippen MR) is 97.9 cm³/mol. The fourth-order valence-corrected chi connectivity index (χ4v) is 3.72. The Kier molecular flexibility index (Phi) is 6.20.